The number of nitrogens with one attached hydrogen (secondary N) is 1. The average Bonchev–Trinajstić information content (AvgIpc) is 3.01. The molecule has 1 aromatic carbocycles. The lowest BCUT2D eigenvalue weighted by atomic mass is 9.90. The molecule has 0 saturated heterocycles. The van der Waals surface area contributed by atoms with Gasteiger partial charge in [-0.25, -0.2) is 4.79 Å². The van der Waals surface area contributed by atoms with Gasteiger partial charge in [-0.2, -0.15) is 0 Å². The molecule has 0 unspecified atom stereocenters. The third-order valence-corrected chi connectivity index (χ3v) is 6.33. The second-order valence-corrected chi connectivity index (χ2v) is 8.85. The number of carbonyl (C=O) groups excluding carboxylic acids is 2. The lowest BCUT2D eigenvalue weighted by Crippen LogP contribution is -2.30. The SMILES string of the molecule is Cc1cc(C)c(NC(=O)[C@@H](C)OC(=O)c2cc3c(s2)CC[C@@H](C)C3)c(C)c1. The molecule has 3 rings (SSSR count). The maximum Gasteiger partial charge on any atom is 0.349 e. The molecule has 1 aliphatic rings. The highest BCUT2D eigenvalue weighted by Gasteiger charge is 2.24. The summed E-state index contributed by atoms with van der Waals surface area (Å²) in [7, 11) is 0. The van der Waals surface area contributed by atoms with Crippen LogP contribution in [0.4, 0.5) is 5.69 Å². The Kier molecular flexibility index (Phi) is 5.70. The highest BCUT2D eigenvalue weighted by atomic mass is 32.1. The third kappa shape index (κ3) is 4.41. The van der Waals surface area contributed by atoms with Crippen LogP contribution in [0, 0.1) is 26.7 Å². The minimum atomic E-state index is -0.851. The van der Waals surface area contributed by atoms with Gasteiger partial charge in [-0.3, -0.25) is 4.79 Å². The predicted molar refractivity (Wildman–Crippen MR) is 110 cm³/mol. The van der Waals surface area contributed by atoms with Crippen molar-refractivity contribution in [3.05, 3.63) is 50.2 Å². The molecular formula is C22H27NO3S. The van der Waals surface area contributed by atoms with E-state index in [1.165, 1.54) is 21.8 Å². The molecule has 0 saturated carbocycles. The lowest BCUT2D eigenvalue weighted by molar-refractivity contribution is -0.123. The van der Waals surface area contributed by atoms with Crippen LogP contribution in [0.15, 0.2) is 18.2 Å². The van der Waals surface area contributed by atoms with E-state index in [1.807, 2.05) is 39.0 Å². The van der Waals surface area contributed by atoms with Gasteiger partial charge in [-0.05, 0) is 75.6 Å². The number of benzene rings is 1. The van der Waals surface area contributed by atoms with Crippen LogP contribution >= 0.6 is 11.3 Å². The molecule has 0 bridgehead atoms. The van der Waals surface area contributed by atoms with Crippen LogP contribution in [0.25, 0.3) is 0 Å². The number of anilines is 1. The maximum atomic E-state index is 12.5. The summed E-state index contributed by atoms with van der Waals surface area (Å²) in [6.07, 6.45) is 2.35. The first-order valence-electron chi connectivity index (χ1n) is 9.46. The van der Waals surface area contributed by atoms with Crippen molar-refractivity contribution in [2.75, 3.05) is 5.32 Å². The first-order valence-corrected chi connectivity index (χ1v) is 10.3. The van der Waals surface area contributed by atoms with Gasteiger partial charge in [-0.1, -0.05) is 24.6 Å². The number of thiophene rings is 1. The van der Waals surface area contributed by atoms with Gasteiger partial charge in [0.25, 0.3) is 5.91 Å². The second kappa shape index (κ2) is 7.85. The highest BCUT2D eigenvalue weighted by Crippen LogP contribution is 2.32. The molecule has 1 amide bonds. The van der Waals surface area contributed by atoms with Gasteiger partial charge in [0.05, 0.1) is 0 Å². The van der Waals surface area contributed by atoms with E-state index in [0.29, 0.717) is 10.8 Å². The second-order valence-electron chi connectivity index (χ2n) is 7.72. The Hall–Kier alpha value is -2.14. The van der Waals surface area contributed by atoms with Gasteiger partial charge in [0.2, 0.25) is 0 Å². The molecule has 0 fully saturated rings. The summed E-state index contributed by atoms with van der Waals surface area (Å²) < 4.78 is 5.44. The van der Waals surface area contributed by atoms with E-state index in [9.17, 15) is 9.59 Å². The van der Waals surface area contributed by atoms with Gasteiger partial charge >= 0.3 is 5.97 Å². The molecule has 1 N–H and O–H groups in total. The molecule has 0 spiro atoms. The Morgan fingerprint density at radius 2 is 1.85 bits per heavy atom. The van der Waals surface area contributed by atoms with Gasteiger partial charge in [-0.15, -0.1) is 11.3 Å². The Morgan fingerprint density at radius 3 is 2.52 bits per heavy atom. The average molecular weight is 386 g/mol. The molecular weight excluding hydrogens is 358 g/mol. The molecule has 1 aromatic heterocycles. The van der Waals surface area contributed by atoms with E-state index in [0.717, 1.165) is 41.6 Å². The zero-order chi connectivity index (χ0) is 19.7. The van der Waals surface area contributed by atoms with Crippen molar-refractivity contribution in [2.45, 2.75) is 60.0 Å². The van der Waals surface area contributed by atoms with Crippen molar-refractivity contribution in [3.63, 3.8) is 0 Å². The van der Waals surface area contributed by atoms with Gasteiger partial charge in [0.1, 0.15) is 4.88 Å². The van der Waals surface area contributed by atoms with Crippen LogP contribution in [0.3, 0.4) is 0 Å². The fourth-order valence-electron chi connectivity index (χ4n) is 3.68. The Balaban J connectivity index is 1.66. The quantitative estimate of drug-likeness (QED) is 0.755. The number of rotatable bonds is 4. The van der Waals surface area contributed by atoms with Crippen molar-refractivity contribution < 1.29 is 14.3 Å². The molecule has 0 radical (unpaired) electrons. The molecule has 2 atom stereocenters. The fraction of sp³-hybridized carbons (Fsp3) is 0.455. The van der Waals surface area contributed by atoms with Gasteiger partial charge < -0.3 is 10.1 Å². The van der Waals surface area contributed by atoms with E-state index in [4.69, 9.17) is 4.74 Å². The Labute approximate surface area is 164 Å². The van der Waals surface area contributed by atoms with Crippen LogP contribution in [0.1, 0.15) is 57.1 Å². The largest absolute Gasteiger partial charge is 0.448 e. The Morgan fingerprint density at radius 1 is 1.19 bits per heavy atom. The van der Waals surface area contributed by atoms with Crippen molar-refractivity contribution >= 4 is 28.9 Å². The first kappa shape index (κ1) is 19.6. The minimum Gasteiger partial charge on any atom is -0.448 e. The smallest absolute Gasteiger partial charge is 0.349 e. The Bertz CT molecular complexity index is 861. The van der Waals surface area contributed by atoms with E-state index in [1.54, 1.807) is 6.92 Å². The summed E-state index contributed by atoms with van der Waals surface area (Å²) in [5.41, 5.74) is 5.19. The van der Waals surface area contributed by atoms with Crippen LogP contribution in [-0.4, -0.2) is 18.0 Å². The molecule has 144 valence electrons. The van der Waals surface area contributed by atoms with Crippen molar-refractivity contribution in [1.82, 2.24) is 0 Å². The molecule has 27 heavy (non-hydrogen) atoms. The summed E-state index contributed by atoms with van der Waals surface area (Å²) in [5.74, 6) is -0.0722. The topological polar surface area (TPSA) is 55.4 Å². The van der Waals surface area contributed by atoms with Crippen molar-refractivity contribution in [1.29, 1.82) is 0 Å². The van der Waals surface area contributed by atoms with E-state index in [2.05, 4.69) is 12.2 Å². The molecule has 1 heterocycles. The van der Waals surface area contributed by atoms with E-state index >= 15 is 0 Å². The number of carbonyl (C=O) groups is 2. The van der Waals surface area contributed by atoms with Crippen molar-refractivity contribution in [3.8, 4) is 0 Å². The monoisotopic (exact) mass is 385 g/mol. The molecule has 2 aromatic rings. The standard InChI is InChI=1S/C22H27NO3S/c1-12-6-7-18-17(10-12)11-19(27-18)22(25)26-16(5)21(24)23-20-14(3)8-13(2)9-15(20)4/h8-9,11-12,16H,6-7,10H2,1-5H3,(H,23,24)/t12-,16-/m1/s1. The number of aryl methyl sites for hydroxylation is 4. The summed E-state index contributed by atoms with van der Waals surface area (Å²) in [5, 5.41) is 2.90. The van der Waals surface area contributed by atoms with Crippen LogP contribution in [-0.2, 0) is 22.4 Å². The van der Waals surface area contributed by atoms with Crippen LogP contribution < -0.4 is 5.32 Å². The summed E-state index contributed by atoms with van der Waals surface area (Å²) in [6.45, 7) is 9.80. The summed E-state index contributed by atoms with van der Waals surface area (Å²) in [6, 6.07) is 5.99. The number of esters is 1. The highest BCUT2D eigenvalue weighted by molar-refractivity contribution is 7.14. The van der Waals surface area contributed by atoms with Crippen molar-refractivity contribution in [2.24, 2.45) is 5.92 Å². The van der Waals surface area contributed by atoms with Gasteiger partial charge in [0.15, 0.2) is 6.10 Å². The zero-order valence-corrected chi connectivity index (χ0v) is 17.5. The van der Waals surface area contributed by atoms with E-state index in [-0.39, 0.29) is 5.91 Å². The van der Waals surface area contributed by atoms with Gasteiger partial charge in [0, 0.05) is 10.6 Å². The number of hydrogen-bond acceptors (Lipinski definition) is 4. The normalized spacial score (nSPS) is 17.1. The molecule has 0 aliphatic heterocycles. The number of hydrogen-bond donors (Lipinski definition) is 1. The molecule has 1 aliphatic carbocycles. The molecule has 5 heteroatoms. The third-order valence-electron chi connectivity index (χ3n) is 5.11. The minimum absolute atomic E-state index is 0.312. The number of fused-ring (bicyclic) bond motifs is 1. The van der Waals surface area contributed by atoms with Crippen LogP contribution in [0.2, 0.25) is 0 Å². The first-order chi connectivity index (χ1) is 12.7. The van der Waals surface area contributed by atoms with E-state index < -0.39 is 12.1 Å². The zero-order valence-electron chi connectivity index (χ0n) is 16.6. The number of ether oxygens (including phenoxy) is 1. The van der Waals surface area contributed by atoms with Crippen LogP contribution in [0.5, 0.6) is 0 Å². The maximum absolute atomic E-state index is 12.5. The lowest BCUT2D eigenvalue weighted by Gasteiger charge is -2.16. The molecule has 4 nitrogen and oxygen atoms in total. The fourth-order valence-corrected chi connectivity index (χ4v) is 4.77. The number of amides is 1. The predicted octanol–water partition coefficient (Wildman–Crippen LogP) is 4.98. The summed E-state index contributed by atoms with van der Waals surface area (Å²) >= 11 is 1.50. The summed E-state index contributed by atoms with van der Waals surface area (Å²) in [4.78, 5) is 26.9.